The van der Waals surface area contributed by atoms with Crippen LogP contribution in [0.4, 0.5) is 0 Å². The number of hydrogen-bond donors (Lipinski definition) is 0. The van der Waals surface area contributed by atoms with Gasteiger partial charge in [0.1, 0.15) is 0 Å². The van der Waals surface area contributed by atoms with Crippen molar-refractivity contribution in [3.8, 4) is 0 Å². The molecule has 50 heavy (non-hydrogen) atoms. The van der Waals surface area contributed by atoms with Crippen LogP contribution < -0.4 is 10.4 Å². The second-order valence-corrected chi connectivity index (χ2v) is 38.3. The summed E-state index contributed by atoms with van der Waals surface area (Å²) < 4.78 is 6.91. The van der Waals surface area contributed by atoms with Gasteiger partial charge in [0.05, 0.1) is 0 Å². The molecule has 260 valence electrons. The van der Waals surface area contributed by atoms with Gasteiger partial charge in [0.25, 0.3) is 0 Å². The Hall–Kier alpha value is -2.55. The second-order valence-electron chi connectivity index (χ2n) is 17.4. The van der Waals surface area contributed by atoms with Crippen molar-refractivity contribution >= 4 is 28.8 Å². The average Bonchev–Trinajstić information content (AvgIpc) is 3.63. The molecule has 0 fully saturated rings. The molecule has 2 heteroatoms. The molecule has 4 aromatic carbocycles. The third-order valence-electron chi connectivity index (χ3n) is 12.9. The zero-order valence-corrected chi connectivity index (χ0v) is 37.6. The van der Waals surface area contributed by atoms with Crippen LogP contribution >= 0.6 is 0 Å². The summed E-state index contributed by atoms with van der Waals surface area (Å²) in [5.74, 6) is 1.93. The van der Waals surface area contributed by atoms with E-state index in [4.69, 9.17) is 0 Å². The first-order valence-electron chi connectivity index (χ1n) is 19.8. The summed E-state index contributed by atoms with van der Waals surface area (Å²) in [7, 11) is -2.87. The molecule has 0 saturated carbocycles. The van der Waals surface area contributed by atoms with Crippen LogP contribution in [-0.2, 0) is 20.0 Å². The van der Waals surface area contributed by atoms with Crippen LogP contribution in [0.3, 0.4) is 0 Å². The maximum atomic E-state index is 2.88. The van der Waals surface area contributed by atoms with Crippen LogP contribution in [0.15, 0.2) is 96.1 Å². The van der Waals surface area contributed by atoms with Crippen molar-refractivity contribution in [2.75, 3.05) is 0 Å². The van der Waals surface area contributed by atoms with E-state index in [1.54, 1.807) is 54.1 Å². The Bertz CT molecular complexity index is 1860. The van der Waals surface area contributed by atoms with Gasteiger partial charge in [-0.05, 0) is 0 Å². The normalized spacial score (nSPS) is 20.2. The van der Waals surface area contributed by atoms with Gasteiger partial charge in [0.15, 0.2) is 0 Å². The van der Waals surface area contributed by atoms with Gasteiger partial charge in [0, 0.05) is 0 Å². The molecule has 2 atom stereocenters. The molecule has 0 nitrogen and oxygen atoms in total. The first-order valence-corrected chi connectivity index (χ1v) is 33.1. The molecule has 0 aromatic heterocycles. The predicted molar refractivity (Wildman–Crippen MR) is 219 cm³/mol. The van der Waals surface area contributed by atoms with E-state index in [1.165, 1.54) is 11.1 Å². The van der Waals surface area contributed by atoms with E-state index in [9.17, 15) is 0 Å². The topological polar surface area (TPSA) is 0 Å². The summed E-state index contributed by atoms with van der Waals surface area (Å²) in [5.41, 5.74) is 16.7. The third kappa shape index (κ3) is 5.04. The van der Waals surface area contributed by atoms with Gasteiger partial charge in [-0.2, -0.15) is 0 Å². The van der Waals surface area contributed by atoms with Crippen molar-refractivity contribution in [1.29, 1.82) is 0 Å². The SMILES string of the molecule is CCC1=C2c3c(C(C)C)cc(C(C)C)cc3[CH]1[Hf]([CH3])([CH3])[CH]1C(CC)=C(c3c(C(C)C)cc(C(C)C)cc31)[Si]2(c1ccccc1)c1ccccc1. The molecule has 4 bridgehead atoms. The van der Waals surface area contributed by atoms with E-state index in [0.717, 1.165) is 12.8 Å². The Morgan fingerprint density at radius 3 is 1.18 bits per heavy atom. The van der Waals surface area contributed by atoms with Crippen LogP contribution in [0.2, 0.25) is 9.36 Å². The molecular formula is C48H60HfSi. The van der Waals surface area contributed by atoms with Crippen molar-refractivity contribution < 1.29 is 20.0 Å². The second kappa shape index (κ2) is 13.1. The fourth-order valence-corrected chi connectivity index (χ4v) is 35.4. The molecule has 2 unspecified atom stereocenters. The third-order valence-corrected chi connectivity index (χ3v) is 33.4. The van der Waals surface area contributed by atoms with Gasteiger partial charge in [-0.25, -0.2) is 0 Å². The molecular weight excluding hydrogens is 783 g/mol. The molecule has 4 aromatic rings. The van der Waals surface area contributed by atoms with E-state index in [1.807, 2.05) is 11.1 Å². The van der Waals surface area contributed by atoms with Crippen LogP contribution in [-0.4, -0.2) is 8.07 Å². The summed E-state index contributed by atoms with van der Waals surface area (Å²) in [6, 6.07) is 34.7. The van der Waals surface area contributed by atoms with E-state index in [0.29, 0.717) is 31.0 Å². The fraction of sp³-hybridized carbons (Fsp3) is 0.417. The van der Waals surface area contributed by atoms with Gasteiger partial charge >= 0.3 is 312 Å². The van der Waals surface area contributed by atoms with Crippen LogP contribution in [0.25, 0.3) is 10.4 Å². The first kappa shape index (κ1) is 35.8. The van der Waals surface area contributed by atoms with E-state index < -0.39 is 28.0 Å². The van der Waals surface area contributed by atoms with E-state index in [-0.39, 0.29) is 0 Å². The molecule has 0 N–H and O–H groups in total. The Morgan fingerprint density at radius 1 is 0.520 bits per heavy atom. The summed E-state index contributed by atoms with van der Waals surface area (Å²) in [6.07, 6.45) is 2.26. The summed E-state index contributed by atoms with van der Waals surface area (Å²) in [5, 5.41) is 6.68. The quantitative estimate of drug-likeness (QED) is 0.155. The Labute approximate surface area is 309 Å². The van der Waals surface area contributed by atoms with Gasteiger partial charge in [-0.15, -0.1) is 0 Å². The standard InChI is InChI=1S/C46H54Si.2CH3.Hf/c1-11-33-23-37-25-35(29(3)4)27-41(31(7)8)43(37)45(33)47(39-19-15-13-16-20-39,40-21-17-14-18-22-40)46-34(12-2)24-38-26-36(30(5)6)28-42(32(9)10)44(38)46;;;/h13-32H,11-12H2,1-10H3;2*1H3;. The van der Waals surface area contributed by atoms with Crippen molar-refractivity contribution in [3.05, 3.63) is 141 Å². The van der Waals surface area contributed by atoms with Crippen molar-refractivity contribution in [3.63, 3.8) is 0 Å². The Kier molecular flexibility index (Phi) is 9.42. The molecule has 7 rings (SSSR count). The first-order chi connectivity index (χ1) is 23.8. The predicted octanol–water partition coefficient (Wildman–Crippen LogP) is 12.9. The summed E-state index contributed by atoms with van der Waals surface area (Å²) in [4.78, 5) is 0. The van der Waals surface area contributed by atoms with Gasteiger partial charge in [-0.1, -0.05) is 0 Å². The van der Waals surface area contributed by atoms with Gasteiger partial charge in [-0.3, -0.25) is 0 Å². The average molecular weight is 844 g/mol. The number of benzene rings is 4. The number of fused-ring (bicyclic) bond motifs is 8. The fourth-order valence-electron chi connectivity index (χ4n) is 10.7. The van der Waals surface area contributed by atoms with Crippen LogP contribution in [0.1, 0.15) is 158 Å². The van der Waals surface area contributed by atoms with Gasteiger partial charge < -0.3 is 0 Å². The van der Waals surface area contributed by atoms with Crippen LogP contribution in [0.5, 0.6) is 0 Å². The molecule has 0 saturated heterocycles. The number of rotatable bonds is 8. The molecule has 1 aliphatic heterocycles. The molecule has 0 spiro atoms. The molecule has 0 amide bonds. The van der Waals surface area contributed by atoms with E-state index >= 15 is 0 Å². The van der Waals surface area contributed by atoms with Crippen molar-refractivity contribution in [2.45, 2.75) is 122 Å². The molecule has 2 aliphatic carbocycles. The van der Waals surface area contributed by atoms with Crippen LogP contribution in [0, 0.1) is 0 Å². The maximum absolute atomic E-state index is 3.37. The van der Waals surface area contributed by atoms with Crippen molar-refractivity contribution in [2.24, 2.45) is 0 Å². The minimum atomic E-state index is -3.37. The molecule has 0 radical (unpaired) electrons. The zero-order chi connectivity index (χ0) is 35.9. The zero-order valence-electron chi connectivity index (χ0n) is 33.0. The van der Waals surface area contributed by atoms with E-state index in [2.05, 4.69) is 164 Å². The van der Waals surface area contributed by atoms with Crippen molar-refractivity contribution in [1.82, 2.24) is 0 Å². The monoisotopic (exact) mass is 844 g/mol. The number of allylic oxidation sites excluding steroid dienone is 2. The minimum absolute atomic E-state index is 0.456. The Balaban J connectivity index is 1.81. The molecule has 3 aliphatic rings. The number of hydrogen-bond acceptors (Lipinski definition) is 0. The summed E-state index contributed by atoms with van der Waals surface area (Å²) in [6.45, 7) is 24.5. The summed E-state index contributed by atoms with van der Waals surface area (Å²) >= 11 is -3.37. The molecule has 1 heterocycles. The Morgan fingerprint density at radius 2 is 0.880 bits per heavy atom. The van der Waals surface area contributed by atoms with Gasteiger partial charge in [0.2, 0.25) is 0 Å².